The van der Waals surface area contributed by atoms with Gasteiger partial charge in [0.25, 0.3) is 5.91 Å². The standard InChI is InChI=1S/C16H23N3O/c1-10(19(4)5)9-17-16(20)13-6-7-15-14(8-13)11(2)12(3)18-15/h6-8,10,18H,9H2,1-5H3,(H,17,20). The second kappa shape index (κ2) is 5.67. The average Bonchev–Trinajstić information content (AvgIpc) is 2.70. The van der Waals surface area contributed by atoms with Gasteiger partial charge < -0.3 is 15.2 Å². The van der Waals surface area contributed by atoms with Crippen LogP contribution in [0.3, 0.4) is 0 Å². The minimum Gasteiger partial charge on any atom is -0.358 e. The first-order valence-electron chi connectivity index (χ1n) is 6.93. The number of amides is 1. The Labute approximate surface area is 120 Å². The Morgan fingerprint density at radius 1 is 1.35 bits per heavy atom. The molecule has 2 N–H and O–H groups in total. The first kappa shape index (κ1) is 14.6. The van der Waals surface area contributed by atoms with Crippen LogP contribution in [0.5, 0.6) is 0 Å². The van der Waals surface area contributed by atoms with E-state index in [9.17, 15) is 4.79 Å². The van der Waals surface area contributed by atoms with E-state index in [0.29, 0.717) is 18.2 Å². The van der Waals surface area contributed by atoms with Crippen LogP contribution >= 0.6 is 0 Å². The number of hydrogen-bond acceptors (Lipinski definition) is 2. The van der Waals surface area contributed by atoms with Gasteiger partial charge in [0.05, 0.1) is 0 Å². The summed E-state index contributed by atoms with van der Waals surface area (Å²) in [4.78, 5) is 17.6. The fraction of sp³-hybridized carbons (Fsp3) is 0.438. The largest absolute Gasteiger partial charge is 0.358 e. The molecule has 0 fully saturated rings. The maximum absolute atomic E-state index is 12.2. The third-order valence-electron chi connectivity index (χ3n) is 4.01. The van der Waals surface area contributed by atoms with Crippen LogP contribution < -0.4 is 5.32 Å². The molecule has 0 bridgehead atoms. The minimum atomic E-state index is -0.0150. The van der Waals surface area contributed by atoms with Crippen LogP contribution in [0.25, 0.3) is 10.9 Å². The zero-order valence-electron chi connectivity index (χ0n) is 12.9. The number of carbonyl (C=O) groups is 1. The number of H-pyrrole nitrogens is 1. The molecule has 1 aromatic heterocycles. The van der Waals surface area contributed by atoms with Crippen LogP contribution in [-0.4, -0.2) is 42.5 Å². The van der Waals surface area contributed by atoms with E-state index in [2.05, 4.69) is 29.0 Å². The van der Waals surface area contributed by atoms with Gasteiger partial charge in [-0.15, -0.1) is 0 Å². The molecule has 20 heavy (non-hydrogen) atoms. The van der Waals surface area contributed by atoms with Gasteiger partial charge in [0.1, 0.15) is 0 Å². The van der Waals surface area contributed by atoms with Crippen molar-refractivity contribution < 1.29 is 4.79 Å². The van der Waals surface area contributed by atoms with E-state index in [1.165, 1.54) is 5.56 Å². The molecule has 0 aliphatic heterocycles. The normalized spacial score (nSPS) is 12.9. The van der Waals surface area contributed by atoms with Crippen LogP contribution in [0, 0.1) is 13.8 Å². The Bertz CT molecular complexity index is 628. The van der Waals surface area contributed by atoms with Gasteiger partial charge in [0.2, 0.25) is 0 Å². The molecule has 0 saturated heterocycles. The van der Waals surface area contributed by atoms with E-state index in [1.54, 1.807) is 0 Å². The van der Waals surface area contributed by atoms with Crippen LogP contribution in [0.2, 0.25) is 0 Å². The molecular weight excluding hydrogens is 250 g/mol. The highest BCUT2D eigenvalue weighted by Gasteiger charge is 2.11. The summed E-state index contributed by atoms with van der Waals surface area (Å²) >= 11 is 0. The molecule has 1 heterocycles. The fourth-order valence-corrected chi connectivity index (χ4v) is 2.13. The molecule has 1 amide bonds. The molecule has 0 spiro atoms. The molecule has 4 nitrogen and oxygen atoms in total. The highest BCUT2D eigenvalue weighted by Crippen LogP contribution is 2.22. The van der Waals surface area contributed by atoms with Gasteiger partial charge in [-0.3, -0.25) is 4.79 Å². The Morgan fingerprint density at radius 2 is 2.05 bits per heavy atom. The van der Waals surface area contributed by atoms with Crippen LogP contribution in [0.15, 0.2) is 18.2 Å². The zero-order chi connectivity index (χ0) is 14.9. The second-order valence-electron chi connectivity index (χ2n) is 5.66. The predicted molar refractivity (Wildman–Crippen MR) is 83.3 cm³/mol. The van der Waals surface area contributed by atoms with Crippen molar-refractivity contribution in [2.75, 3.05) is 20.6 Å². The predicted octanol–water partition coefficient (Wildman–Crippen LogP) is 2.46. The quantitative estimate of drug-likeness (QED) is 0.899. The lowest BCUT2D eigenvalue weighted by Crippen LogP contribution is -2.38. The van der Waals surface area contributed by atoms with Crippen LogP contribution in [0.4, 0.5) is 0 Å². The highest BCUT2D eigenvalue weighted by atomic mass is 16.1. The first-order valence-corrected chi connectivity index (χ1v) is 6.93. The SMILES string of the molecule is Cc1[nH]c2ccc(C(=O)NCC(C)N(C)C)cc2c1C. The molecule has 108 valence electrons. The maximum Gasteiger partial charge on any atom is 0.251 e. The Hall–Kier alpha value is -1.81. The number of nitrogens with zero attached hydrogens (tertiary/aromatic N) is 1. The Balaban J connectivity index is 2.16. The van der Waals surface area contributed by atoms with Crippen molar-refractivity contribution in [1.29, 1.82) is 0 Å². The van der Waals surface area contributed by atoms with E-state index in [4.69, 9.17) is 0 Å². The highest BCUT2D eigenvalue weighted by molar-refractivity contribution is 5.99. The van der Waals surface area contributed by atoms with Crippen molar-refractivity contribution in [3.8, 4) is 0 Å². The summed E-state index contributed by atoms with van der Waals surface area (Å²) in [6, 6.07) is 6.12. The number of fused-ring (bicyclic) bond motifs is 1. The van der Waals surface area contributed by atoms with Crippen molar-refractivity contribution in [3.63, 3.8) is 0 Å². The lowest BCUT2D eigenvalue weighted by Gasteiger charge is -2.19. The molecule has 0 radical (unpaired) electrons. The van der Waals surface area contributed by atoms with Crippen molar-refractivity contribution in [1.82, 2.24) is 15.2 Å². The van der Waals surface area contributed by atoms with Crippen LogP contribution in [0.1, 0.15) is 28.5 Å². The third kappa shape index (κ3) is 2.85. The topological polar surface area (TPSA) is 48.1 Å². The van der Waals surface area contributed by atoms with E-state index < -0.39 is 0 Å². The van der Waals surface area contributed by atoms with Gasteiger partial charge in [-0.1, -0.05) is 0 Å². The van der Waals surface area contributed by atoms with Crippen molar-refractivity contribution >= 4 is 16.8 Å². The third-order valence-corrected chi connectivity index (χ3v) is 4.01. The molecule has 0 saturated carbocycles. The van der Waals surface area contributed by atoms with Gasteiger partial charge in [-0.25, -0.2) is 0 Å². The number of rotatable bonds is 4. The number of benzene rings is 1. The molecular formula is C16H23N3O. The lowest BCUT2D eigenvalue weighted by molar-refractivity contribution is 0.0944. The summed E-state index contributed by atoms with van der Waals surface area (Å²) in [7, 11) is 4.02. The summed E-state index contributed by atoms with van der Waals surface area (Å²) in [5, 5.41) is 4.10. The molecule has 0 aliphatic rings. The van der Waals surface area contributed by atoms with Gasteiger partial charge in [0.15, 0.2) is 0 Å². The number of aromatic nitrogens is 1. The fourth-order valence-electron chi connectivity index (χ4n) is 2.13. The van der Waals surface area contributed by atoms with Gasteiger partial charge in [-0.05, 0) is 58.6 Å². The lowest BCUT2D eigenvalue weighted by atomic mass is 10.1. The summed E-state index contributed by atoms with van der Waals surface area (Å²) < 4.78 is 0. The van der Waals surface area contributed by atoms with E-state index in [1.807, 2.05) is 39.2 Å². The molecule has 0 aliphatic carbocycles. The number of aryl methyl sites for hydroxylation is 2. The molecule has 1 unspecified atom stereocenters. The van der Waals surface area contributed by atoms with E-state index in [0.717, 1.165) is 16.6 Å². The zero-order valence-corrected chi connectivity index (χ0v) is 12.9. The Kier molecular flexibility index (Phi) is 4.14. The number of carbonyl (C=O) groups excluding carboxylic acids is 1. The number of likely N-dealkylation sites (N-methyl/N-ethyl adjacent to an activating group) is 1. The first-order chi connectivity index (χ1) is 9.40. The summed E-state index contributed by atoms with van der Waals surface area (Å²) in [5.74, 6) is -0.0150. The van der Waals surface area contributed by atoms with Crippen LogP contribution in [-0.2, 0) is 0 Å². The summed E-state index contributed by atoms with van der Waals surface area (Å²) in [6.45, 7) is 6.86. The molecule has 2 aromatic rings. The smallest absolute Gasteiger partial charge is 0.251 e. The van der Waals surface area contributed by atoms with Gasteiger partial charge in [-0.2, -0.15) is 0 Å². The second-order valence-corrected chi connectivity index (χ2v) is 5.66. The van der Waals surface area contributed by atoms with Crippen molar-refractivity contribution in [3.05, 3.63) is 35.0 Å². The number of hydrogen-bond donors (Lipinski definition) is 2. The van der Waals surface area contributed by atoms with Gasteiger partial charge in [0, 0.05) is 34.7 Å². The number of aromatic amines is 1. The molecule has 2 rings (SSSR count). The average molecular weight is 273 g/mol. The summed E-state index contributed by atoms with van der Waals surface area (Å²) in [5.41, 5.74) is 4.15. The molecule has 4 heteroatoms. The minimum absolute atomic E-state index is 0.0150. The molecule has 1 aromatic carbocycles. The van der Waals surface area contributed by atoms with Crippen molar-refractivity contribution in [2.24, 2.45) is 0 Å². The van der Waals surface area contributed by atoms with Gasteiger partial charge >= 0.3 is 0 Å². The maximum atomic E-state index is 12.2. The van der Waals surface area contributed by atoms with Crippen molar-refractivity contribution in [2.45, 2.75) is 26.8 Å². The van der Waals surface area contributed by atoms with E-state index >= 15 is 0 Å². The molecule has 1 atom stereocenters. The monoisotopic (exact) mass is 273 g/mol. The van der Waals surface area contributed by atoms with E-state index in [-0.39, 0.29) is 5.91 Å². The number of nitrogens with one attached hydrogen (secondary N) is 2. The Morgan fingerprint density at radius 3 is 2.70 bits per heavy atom. The summed E-state index contributed by atoms with van der Waals surface area (Å²) in [6.07, 6.45) is 0.